The van der Waals surface area contributed by atoms with Gasteiger partial charge < -0.3 is 15.1 Å². The second kappa shape index (κ2) is 8.34. The number of para-hydroxylation sites is 1. The van der Waals surface area contributed by atoms with Crippen molar-refractivity contribution in [1.82, 2.24) is 14.9 Å². The molecule has 1 saturated heterocycles. The zero-order chi connectivity index (χ0) is 17.1. The van der Waals surface area contributed by atoms with E-state index in [-0.39, 0.29) is 12.4 Å². The van der Waals surface area contributed by atoms with Crippen molar-refractivity contribution in [3.63, 3.8) is 0 Å². The minimum absolute atomic E-state index is 0. The summed E-state index contributed by atoms with van der Waals surface area (Å²) in [5, 5.41) is 4.57. The van der Waals surface area contributed by atoms with Crippen LogP contribution in [0.1, 0.15) is 5.56 Å². The highest BCUT2D eigenvalue weighted by Gasteiger charge is 2.18. The van der Waals surface area contributed by atoms with Crippen LogP contribution < -0.4 is 10.2 Å². The highest BCUT2D eigenvalue weighted by atomic mass is 35.5. The maximum Gasteiger partial charge on any atom is 0.227 e. The molecule has 0 radical (unpaired) electrons. The fourth-order valence-corrected chi connectivity index (χ4v) is 3.13. The summed E-state index contributed by atoms with van der Waals surface area (Å²) < 4.78 is 0. The number of fused-ring (bicyclic) bond motifs is 1. The van der Waals surface area contributed by atoms with E-state index in [0.29, 0.717) is 0 Å². The third-order valence-electron chi connectivity index (χ3n) is 4.68. The van der Waals surface area contributed by atoms with Crippen molar-refractivity contribution in [2.75, 3.05) is 43.4 Å². The van der Waals surface area contributed by atoms with E-state index in [1.165, 1.54) is 5.56 Å². The Morgan fingerprint density at radius 1 is 0.885 bits per heavy atom. The molecule has 0 saturated carbocycles. The summed E-state index contributed by atoms with van der Waals surface area (Å²) in [5.74, 6) is 1.73. The molecule has 1 aromatic heterocycles. The Labute approximate surface area is 160 Å². The van der Waals surface area contributed by atoms with Gasteiger partial charge in [0.1, 0.15) is 5.82 Å². The van der Waals surface area contributed by atoms with Crippen molar-refractivity contribution in [2.24, 2.45) is 0 Å². The zero-order valence-electron chi connectivity index (χ0n) is 14.9. The highest BCUT2D eigenvalue weighted by molar-refractivity contribution is 5.90. The fraction of sp³-hybridized carbons (Fsp3) is 0.300. The highest BCUT2D eigenvalue weighted by Crippen LogP contribution is 2.24. The minimum Gasteiger partial charge on any atom is -0.365 e. The molecule has 1 aliphatic heterocycles. The first-order valence-electron chi connectivity index (χ1n) is 8.78. The lowest BCUT2D eigenvalue weighted by atomic mass is 10.2. The molecular formula is C20H24ClN5. The second-order valence-corrected chi connectivity index (χ2v) is 6.52. The molecule has 0 aliphatic carbocycles. The monoisotopic (exact) mass is 369 g/mol. The number of halogens is 1. The molecular weight excluding hydrogens is 346 g/mol. The van der Waals surface area contributed by atoms with Gasteiger partial charge in [-0.15, -0.1) is 12.4 Å². The molecule has 1 fully saturated rings. The summed E-state index contributed by atoms with van der Waals surface area (Å²) in [7, 11) is 2.16. The third-order valence-corrected chi connectivity index (χ3v) is 4.68. The first-order chi connectivity index (χ1) is 12.3. The van der Waals surface area contributed by atoms with Crippen molar-refractivity contribution in [3.8, 4) is 0 Å². The topological polar surface area (TPSA) is 44.3 Å². The molecule has 4 rings (SSSR count). The Bertz CT molecular complexity index is 847. The molecule has 0 bridgehead atoms. The van der Waals surface area contributed by atoms with Gasteiger partial charge in [-0.2, -0.15) is 4.98 Å². The van der Waals surface area contributed by atoms with Crippen molar-refractivity contribution in [2.45, 2.75) is 6.54 Å². The SMILES string of the molecule is CN1CCN(c2nc(NCc3ccccc3)c3ccccc3n2)CC1.Cl. The lowest BCUT2D eigenvalue weighted by Gasteiger charge is -2.32. The molecule has 1 aliphatic rings. The summed E-state index contributed by atoms with van der Waals surface area (Å²) in [6.07, 6.45) is 0. The van der Waals surface area contributed by atoms with Gasteiger partial charge in [0.05, 0.1) is 5.52 Å². The van der Waals surface area contributed by atoms with E-state index in [0.717, 1.165) is 55.4 Å². The van der Waals surface area contributed by atoms with E-state index in [9.17, 15) is 0 Å². The lowest BCUT2D eigenvalue weighted by Crippen LogP contribution is -2.45. The van der Waals surface area contributed by atoms with Crippen molar-refractivity contribution in [1.29, 1.82) is 0 Å². The van der Waals surface area contributed by atoms with Gasteiger partial charge in [-0.3, -0.25) is 0 Å². The molecule has 3 aromatic rings. The van der Waals surface area contributed by atoms with Crippen LogP contribution >= 0.6 is 12.4 Å². The molecule has 2 aromatic carbocycles. The van der Waals surface area contributed by atoms with Gasteiger partial charge in [0.15, 0.2) is 0 Å². The lowest BCUT2D eigenvalue weighted by molar-refractivity contribution is 0.311. The smallest absolute Gasteiger partial charge is 0.227 e. The minimum atomic E-state index is 0. The van der Waals surface area contributed by atoms with Crippen LogP contribution in [0.2, 0.25) is 0 Å². The molecule has 0 amide bonds. The molecule has 0 atom stereocenters. The maximum atomic E-state index is 4.85. The number of piperazine rings is 1. The van der Waals surface area contributed by atoms with Crippen LogP contribution in [-0.4, -0.2) is 48.1 Å². The zero-order valence-corrected chi connectivity index (χ0v) is 15.7. The number of hydrogen-bond donors (Lipinski definition) is 1. The predicted octanol–water partition coefficient (Wildman–Crippen LogP) is 3.42. The van der Waals surface area contributed by atoms with Gasteiger partial charge in [0.2, 0.25) is 5.95 Å². The molecule has 0 spiro atoms. The summed E-state index contributed by atoms with van der Waals surface area (Å²) in [4.78, 5) is 14.3. The van der Waals surface area contributed by atoms with Gasteiger partial charge in [-0.05, 0) is 24.7 Å². The van der Waals surface area contributed by atoms with Crippen LogP contribution in [0, 0.1) is 0 Å². The Morgan fingerprint density at radius 2 is 1.58 bits per heavy atom. The summed E-state index contributed by atoms with van der Waals surface area (Å²) in [5.41, 5.74) is 2.23. The van der Waals surface area contributed by atoms with E-state index in [1.807, 2.05) is 18.2 Å². The quantitative estimate of drug-likeness (QED) is 0.763. The number of anilines is 2. The van der Waals surface area contributed by atoms with E-state index >= 15 is 0 Å². The molecule has 5 nitrogen and oxygen atoms in total. The van der Waals surface area contributed by atoms with Crippen molar-refractivity contribution >= 4 is 35.1 Å². The molecule has 1 N–H and O–H groups in total. The summed E-state index contributed by atoms with van der Waals surface area (Å²) >= 11 is 0. The Morgan fingerprint density at radius 3 is 2.35 bits per heavy atom. The average Bonchev–Trinajstić information content (AvgIpc) is 2.67. The molecule has 136 valence electrons. The normalized spacial score (nSPS) is 14.9. The molecule has 0 unspecified atom stereocenters. The fourth-order valence-electron chi connectivity index (χ4n) is 3.13. The van der Waals surface area contributed by atoms with E-state index in [1.54, 1.807) is 0 Å². The second-order valence-electron chi connectivity index (χ2n) is 6.52. The Hall–Kier alpha value is -2.37. The number of hydrogen-bond acceptors (Lipinski definition) is 5. The number of aromatic nitrogens is 2. The van der Waals surface area contributed by atoms with Crippen LogP contribution in [0.4, 0.5) is 11.8 Å². The van der Waals surface area contributed by atoms with Crippen LogP contribution in [0.5, 0.6) is 0 Å². The molecule has 6 heteroatoms. The number of benzene rings is 2. The number of rotatable bonds is 4. The van der Waals surface area contributed by atoms with Gasteiger partial charge in [0.25, 0.3) is 0 Å². The van der Waals surface area contributed by atoms with Gasteiger partial charge in [-0.25, -0.2) is 4.98 Å². The number of nitrogens with zero attached hydrogens (tertiary/aromatic N) is 4. The Kier molecular flexibility index (Phi) is 5.91. The van der Waals surface area contributed by atoms with Crippen LogP contribution in [0.15, 0.2) is 54.6 Å². The Balaban J connectivity index is 0.00000196. The number of likely N-dealkylation sites (N-methyl/N-ethyl adjacent to an activating group) is 1. The summed E-state index contributed by atoms with van der Waals surface area (Å²) in [6.45, 7) is 4.77. The first-order valence-corrected chi connectivity index (χ1v) is 8.78. The average molecular weight is 370 g/mol. The van der Waals surface area contributed by atoms with Crippen LogP contribution in [-0.2, 0) is 6.54 Å². The van der Waals surface area contributed by atoms with Crippen LogP contribution in [0.3, 0.4) is 0 Å². The third kappa shape index (κ3) is 4.06. The standard InChI is InChI=1S/C20H23N5.ClH/c1-24-11-13-25(14-12-24)20-22-18-10-6-5-9-17(18)19(23-20)21-15-16-7-3-2-4-8-16;/h2-10H,11-15H2,1H3,(H,21,22,23);1H. The largest absolute Gasteiger partial charge is 0.365 e. The molecule has 2 heterocycles. The number of nitrogens with one attached hydrogen (secondary N) is 1. The maximum absolute atomic E-state index is 4.85. The van der Waals surface area contributed by atoms with Crippen LogP contribution in [0.25, 0.3) is 10.9 Å². The summed E-state index contributed by atoms with van der Waals surface area (Å²) in [6, 6.07) is 18.6. The van der Waals surface area contributed by atoms with Gasteiger partial charge in [-0.1, -0.05) is 42.5 Å². The predicted molar refractivity (Wildman–Crippen MR) is 110 cm³/mol. The van der Waals surface area contributed by atoms with Crippen molar-refractivity contribution in [3.05, 3.63) is 60.2 Å². The van der Waals surface area contributed by atoms with E-state index < -0.39 is 0 Å². The van der Waals surface area contributed by atoms with E-state index in [4.69, 9.17) is 9.97 Å². The van der Waals surface area contributed by atoms with Gasteiger partial charge >= 0.3 is 0 Å². The van der Waals surface area contributed by atoms with Gasteiger partial charge in [0, 0.05) is 38.1 Å². The van der Waals surface area contributed by atoms with Crippen molar-refractivity contribution < 1.29 is 0 Å². The van der Waals surface area contributed by atoms with E-state index in [2.05, 4.69) is 58.6 Å². The molecule has 26 heavy (non-hydrogen) atoms. The first kappa shape index (κ1) is 18.4.